The lowest BCUT2D eigenvalue weighted by molar-refractivity contribution is 0.101. The van der Waals surface area contributed by atoms with Gasteiger partial charge in [-0.3, -0.25) is 9.48 Å². The maximum atomic E-state index is 12.8. The average Bonchev–Trinajstić information content (AvgIpc) is 3.11. The number of fused-ring (bicyclic) bond motifs is 2. The van der Waals surface area contributed by atoms with Gasteiger partial charge in [0.05, 0.1) is 17.1 Å². The predicted molar refractivity (Wildman–Crippen MR) is 96.8 cm³/mol. The van der Waals surface area contributed by atoms with Gasteiger partial charge in [-0.1, -0.05) is 0 Å². The average molecular weight is 338 g/mol. The van der Waals surface area contributed by atoms with E-state index in [1.807, 2.05) is 39.1 Å². The van der Waals surface area contributed by atoms with Crippen LogP contribution in [-0.4, -0.2) is 31.8 Å². The largest absolute Gasteiger partial charge is 0.338 e. The highest BCUT2D eigenvalue weighted by Gasteiger charge is 2.22. The molecule has 0 saturated heterocycles. The summed E-state index contributed by atoms with van der Waals surface area (Å²) in [6, 6.07) is 6.13. The van der Waals surface area contributed by atoms with Gasteiger partial charge in [0.25, 0.3) is 5.91 Å². The molecule has 0 saturated carbocycles. The Morgan fingerprint density at radius 3 is 2.92 bits per heavy atom. The van der Waals surface area contributed by atoms with E-state index >= 15 is 0 Å². The van der Waals surface area contributed by atoms with Crippen LogP contribution >= 0.6 is 0 Å². The van der Waals surface area contributed by atoms with Crippen LogP contribution in [0.15, 0.2) is 18.2 Å². The molecule has 0 spiro atoms. The van der Waals surface area contributed by atoms with Gasteiger partial charge in [0.15, 0.2) is 5.65 Å². The quantitative estimate of drug-likeness (QED) is 0.752. The van der Waals surface area contributed by atoms with Gasteiger partial charge in [-0.05, 0) is 39.0 Å². The van der Waals surface area contributed by atoms with Crippen molar-refractivity contribution in [3.63, 3.8) is 0 Å². The Morgan fingerprint density at radius 1 is 1.32 bits per heavy atom. The Hall–Kier alpha value is -2.67. The number of carbonyl (C=O) groups excluding carboxylic acids is 1. The Morgan fingerprint density at radius 2 is 2.12 bits per heavy atom. The molecule has 1 atom stereocenters. The number of hydrogen-bond acceptors (Lipinski definition) is 4. The molecule has 2 N–H and O–H groups in total. The fraction of sp³-hybridized carbons (Fsp3) is 0.389. The second-order valence-corrected chi connectivity index (χ2v) is 6.63. The molecule has 0 fully saturated rings. The first-order chi connectivity index (χ1) is 12.0. The predicted octanol–water partition coefficient (Wildman–Crippen LogP) is 2.30. The van der Waals surface area contributed by atoms with Gasteiger partial charge in [0.2, 0.25) is 0 Å². The van der Waals surface area contributed by atoms with Crippen LogP contribution in [0.4, 0.5) is 5.69 Å². The highest BCUT2D eigenvalue weighted by Crippen LogP contribution is 2.25. The van der Waals surface area contributed by atoms with Crippen molar-refractivity contribution in [3.05, 3.63) is 41.0 Å². The Kier molecular flexibility index (Phi) is 3.61. The molecule has 0 aliphatic carbocycles. The molecule has 4 heterocycles. The molecule has 4 rings (SSSR count). The number of rotatable bonds is 2. The zero-order chi connectivity index (χ0) is 17.7. The third-order valence-corrected chi connectivity index (χ3v) is 4.91. The van der Waals surface area contributed by atoms with Crippen LogP contribution in [-0.2, 0) is 13.6 Å². The topological polar surface area (TPSA) is 76.8 Å². The third kappa shape index (κ3) is 2.51. The van der Waals surface area contributed by atoms with Crippen LogP contribution in [0.25, 0.3) is 11.0 Å². The Labute approximate surface area is 146 Å². The molecular formula is C18H22N6O. The van der Waals surface area contributed by atoms with Gasteiger partial charge in [-0.25, -0.2) is 4.98 Å². The molecule has 0 aromatic carbocycles. The molecule has 25 heavy (non-hydrogen) atoms. The molecule has 7 heteroatoms. The number of nitrogens with zero attached hydrogens (tertiary/aromatic N) is 4. The number of nitrogens with one attached hydrogen (secondary N) is 2. The third-order valence-electron chi connectivity index (χ3n) is 4.91. The van der Waals surface area contributed by atoms with Gasteiger partial charge < -0.3 is 15.2 Å². The molecular weight excluding hydrogens is 316 g/mol. The van der Waals surface area contributed by atoms with E-state index in [1.165, 1.54) is 0 Å². The molecule has 3 aromatic heterocycles. The lowest BCUT2D eigenvalue weighted by Crippen LogP contribution is -2.33. The minimum absolute atomic E-state index is 0.105. The normalized spacial score (nSPS) is 16.9. The van der Waals surface area contributed by atoms with E-state index in [9.17, 15) is 4.79 Å². The maximum Gasteiger partial charge on any atom is 0.272 e. The van der Waals surface area contributed by atoms with Crippen molar-refractivity contribution in [2.75, 3.05) is 11.9 Å². The maximum absolute atomic E-state index is 12.8. The molecule has 1 aliphatic rings. The number of aromatic nitrogens is 4. The van der Waals surface area contributed by atoms with E-state index in [1.54, 1.807) is 4.68 Å². The molecule has 3 aromatic rings. The summed E-state index contributed by atoms with van der Waals surface area (Å²) in [4.78, 5) is 17.4. The van der Waals surface area contributed by atoms with Gasteiger partial charge in [0, 0.05) is 37.3 Å². The van der Waals surface area contributed by atoms with Gasteiger partial charge >= 0.3 is 0 Å². The highest BCUT2D eigenvalue weighted by atomic mass is 16.2. The zero-order valence-electron chi connectivity index (χ0n) is 14.9. The van der Waals surface area contributed by atoms with Crippen LogP contribution in [0.3, 0.4) is 0 Å². The summed E-state index contributed by atoms with van der Waals surface area (Å²) >= 11 is 0. The summed E-state index contributed by atoms with van der Waals surface area (Å²) in [5.74, 6) is -0.105. The van der Waals surface area contributed by atoms with Crippen LogP contribution in [0.1, 0.15) is 40.5 Å². The Bertz CT molecular complexity index is 983. The number of pyridine rings is 1. The summed E-state index contributed by atoms with van der Waals surface area (Å²) in [7, 11) is 1.88. The summed E-state index contributed by atoms with van der Waals surface area (Å²) in [5, 5.41) is 11.8. The van der Waals surface area contributed by atoms with E-state index in [4.69, 9.17) is 0 Å². The zero-order valence-corrected chi connectivity index (χ0v) is 14.9. The van der Waals surface area contributed by atoms with Gasteiger partial charge in [-0.15, -0.1) is 0 Å². The van der Waals surface area contributed by atoms with E-state index in [-0.39, 0.29) is 11.9 Å². The second-order valence-electron chi connectivity index (χ2n) is 6.63. The number of aryl methyl sites for hydroxylation is 3. The fourth-order valence-corrected chi connectivity index (χ4v) is 3.55. The standard InChI is InChI=1S/C18H22N6O/c1-10-13-9-14(11(2)20-17(13)23(4)22-10)21-18(25)16-6-5-15-12(3)19-7-8-24(15)16/h5-6,9,12,19H,7-8H2,1-4H3,(H,21,25). The fourth-order valence-electron chi connectivity index (χ4n) is 3.55. The van der Waals surface area contributed by atoms with E-state index in [2.05, 4.69) is 32.2 Å². The molecule has 1 amide bonds. The SMILES string of the molecule is Cc1nc2c(cc1NC(=O)c1ccc3n1CCNC3C)c(C)nn2C. The van der Waals surface area contributed by atoms with Crippen LogP contribution in [0.2, 0.25) is 0 Å². The summed E-state index contributed by atoms with van der Waals surface area (Å²) in [5.41, 5.74) is 5.07. The first-order valence-corrected chi connectivity index (χ1v) is 8.51. The van der Waals surface area contributed by atoms with Crippen molar-refractivity contribution in [1.82, 2.24) is 24.6 Å². The van der Waals surface area contributed by atoms with Gasteiger partial charge in [0.1, 0.15) is 5.69 Å². The lowest BCUT2D eigenvalue weighted by Gasteiger charge is -2.24. The molecule has 0 bridgehead atoms. The minimum Gasteiger partial charge on any atom is -0.338 e. The monoisotopic (exact) mass is 338 g/mol. The molecule has 1 unspecified atom stereocenters. The van der Waals surface area contributed by atoms with Crippen LogP contribution < -0.4 is 10.6 Å². The summed E-state index contributed by atoms with van der Waals surface area (Å²) in [6.07, 6.45) is 0. The highest BCUT2D eigenvalue weighted by molar-refractivity contribution is 6.04. The first kappa shape index (κ1) is 15.8. The van der Waals surface area contributed by atoms with Crippen molar-refractivity contribution < 1.29 is 4.79 Å². The summed E-state index contributed by atoms with van der Waals surface area (Å²) < 4.78 is 3.86. The number of anilines is 1. The second kappa shape index (κ2) is 5.70. The van der Waals surface area contributed by atoms with E-state index in [0.717, 1.165) is 46.9 Å². The smallest absolute Gasteiger partial charge is 0.272 e. The van der Waals surface area contributed by atoms with Crippen molar-refractivity contribution >= 4 is 22.6 Å². The van der Waals surface area contributed by atoms with Crippen LogP contribution in [0.5, 0.6) is 0 Å². The molecule has 130 valence electrons. The number of hydrogen-bond donors (Lipinski definition) is 2. The van der Waals surface area contributed by atoms with Crippen molar-refractivity contribution in [2.24, 2.45) is 7.05 Å². The van der Waals surface area contributed by atoms with E-state index in [0.29, 0.717) is 5.69 Å². The van der Waals surface area contributed by atoms with Gasteiger partial charge in [-0.2, -0.15) is 5.10 Å². The summed E-state index contributed by atoms with van der Waals surface area (Å²) in [6.45, 7) is 7.62. The van der Waals surface area contributed by atoms with E-state index < -0.39 is 0 Å². The van der Waals surface area contributed by atoms with Crippen molar-refractivity contribution in [2.45, 2.75) is 33.4 Å². The molecule has 7 nitrogen and oxygen atoms in total. The Balaban J connectivity index is 1.69. The molecule has 0 radical (unpaired) electrons. The number of amides is 1. The van der Waals surface area contributed by atoms with Crippen molar-refractivity contribution in [1.29, 1.82) is 0 Å². The van der Waals surface area contributed by atoms with Crippen molar-refractivity contribution in [3.8, 4) is 0 Å². The molecule has 1 aliphatic heterocycles. The lowest BCUT2D eigenvalue weighted by atomic mass is 10.2. The minimum atomic E-state index is -0.105. The first-order valence-electron chi connectivity index (χ1n) is 8.51. The van der Waals surface area contributed by atoms with Crippen LogP contribution in [0, 0.1) is 13.8 Å². The number of carbonyl (C=O) groups is 1.